The van der Waals surface area contributed by atoms with Crippen molar-refractivity contribution < 1.29 is 4.79 Å². The van der Waals surface area contributed by atoms with Gasteiger partial charge in [-0.3, -0.25) is 4.79 Å². The lowest BCUT2D eigenvalue weighted by atomic mass is 10.3. The number of piperazine rings is 1. The largest absolute Gasteiger partial charge is 0.351 e. The van der Waals surface area contributed by atoms with Crippen LogP contribution in [0, 0.1) is 0 Å². The minimum Gasteiger partial charge on any atom is -0.351 e. The molecule has 7 nitrogen and oxygen atoms in total. The zero-order valence-electron chi connectivity index (χ0n) is 12.8. The second-order valence-electron chi connectivity index (χ2n) is 5.54. The number of hydrogen-bond acceptors (Lipinski definition) is 5. The van der Waals surface area contributed by atoms with Gasteiger partial charge in [0, 0.05) is 52.0 Å². The zero-order valence-corrected chi connectivity index (χ0v) is 12.8. The van der Waals surface area contributed by atoms with Crippen LogP contribution in [-0.2, 0) is 6.54 Å². The van der Waals surface area contributed by atoms with E-state index in [1.807, 2.05) is 4.57 Å². The van der Waals surface area contributed by atoms with Gasteiger partial charge in [0.2, 0.25) is 0 Å². The fourth-order valence-electron chi connectivity index (χ4n) is 2.42. The molecule has 7 heteroatoms. The average molecular weight is 294 g/mol. The third kappa shape index (κ3) is 5.11. The van der Waals surface area contributed by atoms with E-state index in [1.54, 1.807) is 12.5 Å². The Bertz CT molecular complexity index is 438. The molecule has 21 heavy (non-hydrogen) atoms. The minimum atomic E-state index is -0.107. The highest BCUT2D eigenvalue weighted by molar-refractivity contribution is 5.91. The second-order valence-corrected chi connectivity index (χ2v) is 5.54. The summed E-state index contributed by atoms with van der Waals surface area (Å²) in [7, 11) is 2.15. The van der Waals surface area contributed by atoms with Crippen LogP contribution in [0.2, 0.25) is 0 Å². The van der Waals surface area contributed by atoms with Gasteiger partial charge < -0.3 is 25.4 Å². The van der Waals surface area contributed by atoms with E-state index in [9.17, 15) is 4.79 Å². The molecule has 0 saturated carbocycles. The average Bonchev–Trinajstić information content (AvgIpc) is 2.94. The van der Waals surface area contributed by atoms with Gasteiger partial charge in [0.15, 0.2) is 0 Å². The van der Waals surface area contributed by atoms with E-state index in [2.05, 4.69) is 27.1 Å². The Balaban J connectivity index is 1.62. The summed E-state index contributed by atoms with van der Waals surface area (Å²) in [6.07, 6.45) is 4.35. The number of nitrogens with one attached hydrogen (secondary N) is 1. The van der Waals surface area contributed by atoms with Crippen LogP contribution in [0.4, 0.5) is 0 Å². The molecule has 2 rings (SSSR count). The first-order valence-electron chi connectivity index (χ1n) is 7.60. The van der Waals surface area contributed by atoms with Crippen LogP contribution in [0.5, 0.6) is 0 Å². The molecule has 1 saturated heterocycles. The highest BCUT2D eigenvalue weighted by atomic mass is 16.1. The van der Waals surface area contributed by atoms with Crippen molar-refractivity contribution in [2.75, 3.05) is 52.9 Å². The van der Waals surface area contributed by atoms with E-state index in [0.717, 1.165) is 39.1 Å². The van der Waals surface area contributed by atoms with E-state index in [4.69, 9.17) is 5.73 Å². The number of imidazole rings is 1. The van der Waals surface area contributed by atoms with Crippen molar-refractivity contribution in [1.29, 1.82) is 0 Å². The van der Waals surface area contributed by atoms with Gasteiger partial charge in [0.25, 0.3) is 5.91 Å². The number of rotatable bonds is 7. The molecule has 0 unspecified atom stereocenters. The second kappa shape index (κ2) is 8.11. The van der Waals surface area contributed by atoms with Gasteiger partial charge >= 0.3 is 0 Å². The quantitative estimate of drug-likeness (QED) is 0.644. The first-order chi connectivity index (χ1) is 10.2. The fourth-order valence-corrected chi connectivity index (χ4v) is 2.42. The third-order valence-electron chi connectivity index (χ3n) is 3.79. The Morgan fingerprint density at radius 1 is 1.33 bits per heavy atom. The van der Waals surface area contributed by atoms with Crippen LogP contribution in [0.15, 0.2) is 12.5 Å². The van der Waals surface area contributed by atoms with Gasteiger partial charge in [0.1, 0.15) is 5.69 Å². The Morgan fingerprint density at radius 2 is 2.10 bits per heavy atom. The molecule has 2 heterocycles. The van der Waals surface area contributed by atoms with Crippen LogP contribution in [0.25, 0.3) is 0 Å². The number of aromatic nitrogens is 2. The van der Waals surface area contributed by atoms with Crippen LogP contribution >= 0.6 is 0 Å². The van der Waals surface area contributed by atoms with Crippen molar-refractivity contribution in [2.24, 2.45) is 5.73 Å². The predicted molar refractivity (Wildman–Crippen MR) is 82.2 cm³/mol. The van der Waals surface area contributed by atoms with E-state index < -0.39 is 0 Å². The van der Waals surface area contributed by atoms with Crippen LogP contribution in [-0.4, -0.2) is 78.1 Å². The molecular weight excluding hydrogens is 268 g/mol. The van der Waals surface area contributed by atoms with Crippen LogP contribution in [0.3, 0.4) is 0 Å². The maximum Gasteiger partial charge on any atom is 0.271 e. The fraction of sp³-hybridized carbons (Fsp3) is 0.714. The van der Waals surface area contributed by atoms with Gasteiger partial charge in [-0.15, -0.1) is 0 Å². The highest BCUT2D eigenvalue weighted by Crippen LogP contribution is 2.00. The maximum atomic E-state index is 11.9. The first-order valence-corrected chi connectivity index (χ1v) is 7.60. The van der Waals surface area contributed by atoms with Crippen LogP contribution < -0.4 is 11.1 Å². The summed E-state index contributed by atoms with van der Waals surface area (Å²) in [5.41, 5.74) is 5.93. The summed E-state index contributed by atoms with van der Waals surface area (Å²) >= 11 is 0. The molecular formula is C14H26N6O. The monoisotopic (exact) mass is 294 g/mol. The van der Waals surface area contributed by atoms with Gasteiger partial charge in [-0.1, -0.05) is 0 Å². The number of amides is 1. The SMILES string of the molecule is CN1CCN(CCCNC(=O)c2cn(CCN)cn2)CC1. The zero-order chi connectivity index (χ0) is 15.1. The van der Waals surface area contributed by atoms with Crippen molar-refractivity contribution in [3.63, 3.8) is 0 Å². The van der Waals surface area contributed by atoms with Crippen LogP contribution in [0.1, 0.15) is 16.9 Å². The lowest BCUT2D eigenvalue weighted by Crippen LogP contribution is -2.45. The predicted octanol–water partition coefficient (Wildman–Crippen LogP) is -0.791. The highest BCUT2D eigenvalue weighted by Gasteiger charge is 2.13. The molecule has 0 aliphatic carbocycles. The number of carbonyl (C=O) groups excluding carboxylic acids is 1. The molecule has 1 aliphatic rings. The molecule has 1 aliphatic heterocycles. The van der Waals surface area contributed by atoms with E-state index in [1.165, 1.54) is 0 Å². The summed E-state index contributed by atoms with van der Waals surface area (Å²) < 4.78 is 1.83. The van der Waals surface area contributed by atoms with Crippen molar-refractivity contribution in [3.8, 4) is 0 Å². The molecule has 1 amide bonds. The summed E-state index contributed by atoms with van der Waals surface area (Å²) in [4.78, 5) is 20.8. The normalized spacial score (nSPS) is 17.0. The number of carbonyl (C=O) groups is 1. The molecule has 0 spiro atoms. The molecule has 0 bridgehead atoms. The summed E-state index contributed by atoms with van der Waals surface area (Å²) in [6.45, 7) is 7.45. The standard InChI is InChI=1S/C14H26N6O/c1-18-7-9-19(10-8-18)5-2-4-16-14(21)13-11-20(6-3-15)12-17-13/h11-12H,2-10,15H2,1H3,(H,16,21). The summed E-state index contributed by atoms with van der Waals surface area (Å²) in [5.74, 6) is -0.107. The Labute approximate surface area is 126 Å². The maximum absolute atomic E-state index is 11.9. The van der Waals surface area contributed by atoms with Crippen molar-refractivity contribution >= 4 is 5.91 Å². The number of likely N-dealkylation sites (N-methyl/N-ethyl adjacent to an activating group) is 1. The van der Waals surface area contributed by atoms with Gasteiger partial charge in [-0.2, -0.15) is 0 Å². The van der Waals surface area contributed by atoms with Gasteiger partial charge in [-0.05, 0) is 20.0 Å². The molecule has 0 radical (unpaired) electrons. The summed E-state index contributed by atoms with van der Waals surface area (Å²) in [6, 6.07) is 0. The molecule has 1 aromatic heterocycles. The summed E-state index contributed by atoms with van der Waals surface area (Å²) in [5, 5.41) is 2.92. The smallest absolute Gasteiger partial charge is 0.271 e. The van der Waals surface area contributed by atoms with Crippen molar-refractivity contribution in [3.05, 3.63) is 18.2 Å². The topological polar surface area (TPSA) is 79.4 Å². The Kier molecular flexibility index (Phi) is 6.16. The molecule has 118 valence electrons. The Morgan fingerprint density at radius 3 is 2.81 bits per heavy atom. The minimum absolute atomic E-state index is 0.107. The lowest BCUT2D eigenvalue weighted by molar-refractivity contribution is 0.0945. The van der Waals surface area contributed by atoms with E-state index in [-0.39, 0.29) is 5.91 Å². The van der Waals surface area contributed by atoms with Gasteiger partial charge in [0.05, 0.1) is 6.33 Å². The molecule has 0 atom stereocenters. The molecule has 3 N–H and O–H groups in total. The molecule has 1 fully saturated rings. The number of nitrogens with two attached hydrogens (primary N) is 1. The first kappa shape index (κ1) is 15.9. The molecule has 0 aromatic carbocycles. The van der Waals surface area contributed by atoms with Gasteiger partial charge in [-0.25, -0.2) is 4.98 Å². The number of nitrogens with zero attached hydrogens (tertiary/aromatic N) is 4. The molecule has 1 aromatic rings. The Hall–Kier alpha value is -1.44. The third-order valence-corrected chi connectivity index (χ3v) is 3.79. The van der Waals surface area contributed by atoms with E-state index in [0.29, 0.717) is 25.3 Å². The van der Waals surface area contributed by atoms with Crippen molar-refractivity contribution in [1.82, 2.24) is 24.7 Å². The van der Waals surface area contributed by atoms with Crippen molar-refractivity contribution in [2.45, 2.75) is 13.0 Å². The number of hydrogen-bond donors (Lipinski definition) is 2. The van der Waals surface area contributed by atoms with E-state index >= 15 is 0 Å². The lowest BCUT2D eigenvalue weighted by Gasteiger charge is -2.32.